The summed E-state index contributed by atoms with van der Waals surface area (Å²) in [5.41, 5.74) is 4.15. The van der Waals surface area contributed by atoms with Crippen LogP contribution in [0.5, 0.6) is 0 Å². The molecule has 0 N–H and O–H groups in total. The molecule has 1 heterocycles. The van der Waals surface area contributed by atoms with E-state index in [2.05, 4.69) is 45.0 Å². The maximum Gasteiger partial charge on any atom is 0.0596 e. The number of nitrogens with zero attached hydrogens (tertiary/aromatic N) is 1. The topological polar surface area (TPSA) is 12.4 Å². The van der Waals surface area contributed by atoms with E-state index in [9.17, 15) is 0 Å². The summed E-state index contributed by atoms with van der Waals surface area (Å²) in [5.74, 6) is 0. The summed E-state index contributed by atoms with van der Waals surface area (Å²) >= 11 is 0. The second-order valence-corrected chi connectivity index (χ2v) is 4.56. The van der Waals surface area contributed by atoms with Crippen LogP contribution in [0.2, 0.25) is 0 Å². The lowest BCUT2D eigenvalue weighted by Crippen LogP contribution is -2.28. The first-order valence-corrected chi connectivity index (χ1v) is 5.29. The van der Waals surface area contributed by atoms with Crippen LogP contribution in [0.25, 0.3) is 0 Å². The van der Waals surface area contributed by atoms with Gasteiger partial charge in [-0.3, -0.25) is 4.99 Å². The quantitative estimate of drug-likeness (QED) is 0.640. The number of hydrogen-bond donors (Lipinski definition) is 0. The van der Waals surface area contributed by atoms with Gasteiger partial charge in [0.2, 0.25) is 0 Å². The standard InChI is InChI=1S/C13H17N/c1-4-12-11-8-6-5-7-10(11)9-13(2,3)14-12/h5-8H,4,9H2,1-3H3. The Bertz CT molecular complexity index is 375. The van der Waals surface area contributed by atoms with Crippen LogP contribution in [0.4, 0.5) is 0 Å². The van der Waals surface area contributed by atoms with Gasteiger partial charge in [0.05, 0.1) is 5.54 Å². The van der Waals surface area contributed by atoms with Gasteiger partial charge in [0.1, 0.15) is 0 Å². The molecule has 1 aliphatic heterocycles. The lowest BCUT2D eigenvalue weighted by molar-refractivity contribution is 0.511. The van der Waals surface area contributed by atoms with Gasteiger partial charge in [-0.2, -0.15) is 0 Å². The molecule has 0 aliphatic carbocycles. The van der Waals surface area contributed by atoms with Crippen molar-refractivity contribution in [3.8, 4) is 0 Å². The minimum absolute atomic E-state index is 0.0830. The van der Waals surface area contributed by atoms with E-state index in [4.69, 9.17) is 4.99 Å². The van der Waals surface area contributed by atoms with Crippen LogP contribution >= 0.6 is 0 Å². The lowest BCUT2D eigenvalue weighted by Gasteiger charge is -2.28. The summed E-state index contributed by atoms with van der Waals surface area (Å²) < 4.78 is 0. The Hall–Kier alpha value is -1.11. The Labute approximate surface area is 85.9 Å². The average molecular weight is 187 g/mol. The van der Waals surface area contributed by atoms with Crippen LogP contribution in [0, 0.1) is 0 Å². The predicted octanol–water partition coefficient (Wildman–Crippen LogP) is 3.22. The average Bonchev–Trinajstić information content (AvgIpc) is 2.15. The van der Waals surface area contributed by atoms with Gasteiger partial charge in [-0.15, -0.1) is 0 Å². The first-order chi connectivity index (χ1) is 6.62. The number of aliphatic imine (C=N–C) groups is 1. The molecule has 0 fully saturated rings. The van der Waals surface area contributed by atoms with Crippen LogP contribution in [0.15, 0.2) is 29.3 Å². The SMILES string of the molecule is CCC1=NC(C)(C)Cc2ccccc21. The molecule has 0 spiro atoms. The second-order valence-electron chi connectivity index (χ2n) is 4.56. The highest BCUT2D eigenvalue weighted by Gasteiger charge is 2.25. The molecule has 0 amide bonds. The van der Waals surface area contributed by atoms with Crippen LogP contribution in [0.1, 0.15) is 38.3 Å². The van der Waals surface area contributed by atoms with Gasteiger partial charge in [-0.1, -0.05) is 31.2 Å². The third-order valence-electron chi connectivity index (χ3n) is 2.72. The van der Waals surface area contributed by atoms with Crippen LogP contribution < -0.4 is 0 Å². The molecule has 1 aromatic rings. The minimum Gasteiger partial charge on any atom is -0.283 e. The van der Waals surface area contributed by atoms with Crippen molar-refractivity contribution in [3.05, 3.63) is 35.4 Å². The highest BCUT2D eigenvalue weighted by molar-refractivity contribution is 6.02. The zero-order valence-electron chi connectivity index (χ0n) is 9.17. The molecular formula is C13H17N. The van der Waals surface area contributed by atoms with E-state index in [1.165, 1.54) is 16.8 Å². The summed E-state index contributed by atoms with van der Waals surface area (Å²) in [6.45, 7) is 6.59. The van der Waals surface area contributed by atoms with E-state index in [1.807, 2.05) is 0 Å². The molecule has 1 aromatic carbocycles. The summed E-state index contributed by atoms with van der Waals surface area (Å²) in [4.78, 5) is 4.79. The van der Waals surface area contributed by atoms with Gasteiger partial charge in [-0.05, 0) is 37.8 Å². The molecule has 0 unspecified atom stereocenters. The highest BCUT2D eigenvalue weighted by Crippen LogP contribution is 2.27. The molecule has 0 saturated heterocycles. The van der Waals surface area contributed by atoms with E-state index < -0.39 is 0 Å². The van der Waals surface area contributed by atoms with Crippen LogP contribution in [-0.4, -0.2) is 11.3 Å². The fourth-order valence-electron chi connectivity index (χ4n) is 2.16. The van der Waals surface area contributed by atoms with Crippen molar-refractivity contribution in [2.75, 3.05) is 0 Å². The zero-order chi connectivity index (χ0) is 10.2. The van der Waals surface area contributed by atoms with Crippen LogP contribution in [-0.2, 0) is 6.42 Å². The molecule has 1 aliphatic rings. The first-order valence-electron chi connectivity index (χ1n) is 5.29. The van der Waals surface area contributed by atoms with Crippen molar-refractivity contribution in [1.29, 1.82) is 0 Å². The van der Waals surface area contributed by atoms with Gasteiger partial charge in [0.15, 0.2) is 0 Å². The largest absolute Gasteiger partial charge is 0.283 e. The van der Waals surface area contributed by atoms with Crippen molar-refractivity contribution in [2.45, 2.75) is 39.2 Å². The van der Waals surface area contributed by atoms with E-state index in [-0.39, 0.29) is 5.54 Å². The Kier molecular flexibility index (Phi) is 2.18. The molecule has 0 saturated carbocycles. The van der Waals surface area contributed by atoms with E-state index in [0.29, 0.717) is 0 Å². The minimum atomic E-state index is 0.0830. The van der Waals surface area contributed by atoms with Gasteiger partial charge in [0.25, 0.3) is 0 Å². The molecule has 2 rings (SSSR count). The zero-order valence-corrected chi connectivity index (χ0v) is 9.17. The van der Waals surface area contributed by atoms with Gasteiger partial charge >= 0.3 is 0 Å². The number of rotatable bonds is 1. The van der Waals surface area contributed by atoms with Crippen molar-refractivity contribution in [2.24, 2.45) is 4.99 Å². The smallest absolute Gasteiger partial charge is 0.0596 e. The second kappa shape index (κ2) is 3.23. The third-order valence-corrected chi connectivity index (χ3v) is 2.72. The first kappa shape index (κ1) is 9.45. The van der Waals surface area contributed by atoms with Crippen molar-refractivity contribution in [1.82, 2.24) is 0 Å². The van der Waals surface area contributed by atoms with E-state index >= 15 is 0 Å². The summed E-state index contributed by atoms with van der Waals surface area (Å²) in [7, 11) is 0. The molecule has 0 aromatic heterocycles. The molecule has 1 nitrogen and oxygen atoms in total. The Morgan fingerprint density at radius 2 is 2.00 bits per heavy atom. The van der Waals surface area contributed by atoms with Gasteiger partial charge < -0.3 is 0 Å². The normalized spacial score (nSPS) is 18.6. The summed E-state index contributed by atoms with van der Waals surface area (Å²) in [6, 6.07) is 8.63. The number of hydrogen-bond acceptors (Lipinski definition) is 1. The molecule has 0 atom stereocenters. The summed E-state index contributed by atoms with van der Waals surface area (Å²) in [6.07, 6.45) is 2.09. The summed E-state index contributed by atoms with van der Waals surface area (Å²) in [5, 5.41) is 0. The fourth-order valence-corrected chi connectivity index (χ4v) is 2.16. The molecule has 1 heteroatoms. The molecule has 14 heavy (non-hydrogen) atoms. The monoisotopic (exact) mass is 187 g/mol. The number of benzene rings is 1. The van der Waals surface area contributed by atoms with Crippen LogP contribution in [0.3, 0.4) is 0 Å². The van der Waals surface area contributed by atoms with E-state index in [1.54, 1.807) is 0 Å². The number of fused-ring (bicyclic) bond motifs is 1. The Balaban J connectivity index is 2.53. The van der Waals surface area contributed by atoms with Crippen molar-refractivity contribution in [3.63, 3.8) is 0 Å². The van der Waals surface area contributed by atoms with Crippen molar-refractivity contribution >= 4 is 5.71 Å². The Morgan fingerprint density at radius 1 is 1.29 bits per heavy atom. The maximum atomic E-state index is 4.79. The lowest BCUT2D eigenvalue weighted by atomic mass is 9.86. The molecule has 74 valence electrons. The van der Waals surface area contributed by atoms with E-state index in [0.717, 1.165) is 12.8 Å². The molecule has 0 radical (unpaired) electrons. The molecular weight excluding hydrogens is 170 g/mol. The molecule has 0 bridgehead atoms. The fraction of sp³-hybridized carbons (Fsp3) is 0.462. The maximum absolute atomic E-state index is 4.79. The van der Waals surface area contributed by atoms with Gasteiger partial charge in [0, 0.05) is 5.71 Å². The Morgan fingerprint density at radius 3 is 2.71 bits per heavy atom. The highest BCUT2D eigenvalue weighted by atomic mass is 14.9. The third kappa shape index (κ3) is 1.59. The predicted molar refractivity (Wildman–Crippen MR) is 61.1 cm³/mol. The van der Waals surface area contributed by atoms with Gasteiger partial charge in [-0.25, -0.2) is 0 Å². The van der Waals surface area contributed by atoms with Crippen molar-refractivity contribution < 1.29 is 0 Å².